The van der Waals surface area contributed by atoms with Gasteiger partial charge in [-0.05, 0) is 73.1 Å². The fourth-order valence-corrected chi connectivity index (χ4v) is 4.55. The lowest BCUT2D eigenvalue weighted by molar-refractivity contribution is 0.00687. The Morgan fingerprint density at radius 3 is 2.06 bits per heavy atom. The third kappa shape index (κ3) is 5.01. The summed E-state index contributed by atoms with van der Waals surface area (Å²) in [5.41, 5.74) is 4.71. The van der Waals surface area contributed by atoms with Gasteiger partial charge in [0.25, 0.3) is 0 Å². The largest absolute Gasteiger partial charge is 0.488 e. The van der Waals surface area contributed by atoms with Crippen LogP contribution in [0.15, 0.2) is 60.7 Å². The Labute approximate surface area is 211 Å². The molecule has 1 aliphatic rings. The zero-order chi connectivity index (χ0) is 26.2. The Bertz CT molecular complexity index is 1270. The summed E-state index contributed by atoms with van der Waals surface area (Å²) in [7, 11) is -0.311. The quantitative estimate of drug-likeness (QED) is 0.417. The molecule has 0 atom stereocenters. The first kappa shape index (κ1) is 25.5. The summed E-state index contributed by atoms with van der Waals surface area (Å²) in [6.07, 6.45) is -0.625. The summed E-state index contributed by atoms with van der Waals surface area (Å²) in [6, 6.07) is 19.0. The van der Waals surface area contributed by atoms with E-state index in [1.54, 1.807) is 27.7 Å². The van der Waals surface area contributed by atoms with Crippen LogP contribution in [0.25, 0.3) is 11.1 Å². The number of carbonyl (C=O) groups excluding carboxylic acids is 2. The first-order valence-electron chi connectivity index (χ1n) is 11.8. The SMILES string of the molecule is Cc1c(C(=O)OC(C)(C)C)cc(B(O)O)cc1N(C)C(=O)OCC1c2ccccc2-c2ccccc21. The Morgan fingerprint density at radius 1 is 0.972 bits per heavy atom. The van der Waals surface area contributed by atoms with Crippen molar-refractivity contribution < 1.29 is 29.1 Å². The summed E-state index contributed by atoms with van der Waals surface area (Å²) in [6.45, 7) is 7.05. The minimum atomic E-state index is -1.83. The molecule has 36 heavy (non-hydrogen) atoms. The number of anilines is 1. The monoisotopic (exact) mass is 487 g/mol. The molecule has 3 aromatic rings. The number of hydrogen-bond donors (Lipinski definition) is 2. The lowest BCUT2D eigenvalue weighted by atomic mass is 9.78. The van der Waals surface area contributed by atoms with E-state index < -0.39 is 24.8 Å². The van der Waals surface area contributed by atoms with Crippen LogP contribution in [0.3, 0.4) is 0 Å². The average Bonchev–Trinajstić information content (AvgIpc) is 3.14. The van der Waals surface area contributed by atoms with E-state index in [9.17, 15) is 19.6 Å². The molecule has 0 saturated heterocycles. The maximum atomic E-state index is 13.1. The van der Waals surface area contributed by atoms with Gasteiger partial charge in [-0.15, -0.1) is 0 Å². The number of nitrogens with zero attached hydrogens (tertiary/aromatic N) is 1. The summed E-state index contributed by atoms with van der Waals surface area (Å²) >= 11 is 0. The van der Waals surface area contributed by atoms with Gasteiger partial charge in [0.2, 0.25) is 0 Å². The van der Waals surface area contributed by atoms with E-state index in [4.69, 9.17) is 9.47 Å². The fourth-order valence-electron chi connectivity index (χ4n) is 4.55. The second kappa shape index (κ2) is 9.80. The van der Waals surface area contributed by atoms with Crippen LogP contribution >= 0.6 is 0 Å². The molecule has 0 fully saturated rings. The molecule has 0 aliphatic heterocycles. The number of esters is 1. The van der Waals surface area contributed by atoms with E-state index in [2.05, 4.69) is 12.1 Å². The third-order valence-corrected chi connectivity index (χ3v) is 6.29. The number of rotatable bonds is 5. The van der Waals surface area contributed by atoms with Gasteiger partial charge in [0, 0.05) is 13.0 Å². The van der Waals surface area contributed by atoms with Crippen molar-refractivity contribution in [2.24, 2.45) is 0 Å². The number of ether oxygens (including phenoxy) is 2. The second-order valence-corrected chi connectivity index (χ2v) is 9.95. The Hall–Kier alpha value is -3.62. The van der Waals surface area contributed by atoms with Crippen molar-refractivity contribution in [2.45, 2.75) is 39.2 Å². The van der Waals surface area contributed by atoms with Crippen LogP contribution in [0.1, 0.15) is 53.7 Å². The van der Waals surface area contributed by atoms with E-state index in [1.807, 2.05) is 36.4 Å². The van der Waals surface area contributed by atoms with Crippen molar-refractivity contribution in [3.8, 4) is 11.1 Å². The maximum absolute atomic E-state index is 13.1. The molecule has 1 amide bonds. The van der Waals surface area contributed by atoms with Gasteiger partial charge in [-0.1, -0.05) is 48.5 Å². The summed E-state index contributed by atoms with van der Waals surface area (Å²) < 4.78 is 11.2. The fraction of sp³-hybridized carbons (Fsp3) is 0.286. The van der Waals surface area contributed by atoms with Gasteiger partial charge in [0.05, 0.1) is 11.3 Å². The molecule has 0 aromatic heterocycles. The lowest BCUT2D eigenvalue weighted by Gasteiger charge is -2.24. The summed E-state index contributed by atoms with van der Waals surface area (Å²) in [5.74, 6) is -0.719. The highest BCUT2D eigenvalue weighted by Crippen LogP contribution is 2.44. The van der Waals surface area contributed by atoms with Crippen LogP contribution in [-0.4, -0.2) is 48.5 Å². The van der Waals surface area contributed by atoms with Crippen molar-refractivity contribution in [1.29, 1.82) is 0 Å². The summed E-state index contributed by atoms with van der Waals surface area (Å²) in [5, 5.41) is 19.6. The molecule has 2 N–H and O–H groups in total. The highest BCUT2D eigenvalue weighted by Gasteiger charge is 2.30. The molecule has 3 aromatic carbocycles. The van der Waals surface area contributed by atoms with E-state index in [1.165, 1.54) is 24.1 Å². The highest BCUT2D eigenvalue weighted by atomic mass is 16.6. The third-order valence-electron chi connectivity index (χ3n) is 6.29. The Balaban J connectivity index is 1.59. The summed E-state index contributed by atoms with van der Waals surface area (Å²) in [4.78, 5) is 27.2. The van der Waals surface area contributed by atoms with Crippen molar-refractivity contribution in [3.05, 3.63) is 82.9 Å². The lowest BCUT2D eigenvalue weighted by Crippen LogP contribution is -2.35. The highest BCUT2D eigenvalue weighted by molar-refractivity contribution is 6.59. The van der Waals surface area contributed by atoms with Gasteiger partial charge >= 0.3 is 19.2 Å². The van der Waals surface area contributed by atoms with E-state index in [0.717, 1.165) is 22.3 Å². The molecule has 0 radical (unpaired) electrons. The Kier molecular flexibility index (Phi) is 6.93. The van der Waals surface area contributed by atoms with Gasteiger partial charge in [-0.2, -0.15) is 0 Å². The number of hydrogen-bond acceptors (Lipinski definition) is 6. The molecular formula is C28H30BNO6. The molecule has 186 valence electrons. The molecule has 0 unspecified atom stereocenters. The molecule has 7 nitrogen and oxygen atoms in total. The van der Waals surface area contributed by atoms with Crippen LogP contribution in [0.2, 0.25) is 0 Å². The molecule has 1 aliphatic carbocycles. The van der Waals surface area contributed by atoms with Gasteiger partial charge < -0.3 is 19.5 Å². The van der Waals surface area contributed by atoms with Crippen molar-refractivity contribution >= 4 is 30.3 Å². The Morgan fingerprint density at radius 2 is 1.53 bits per heavy atom. The zero-order valence-electron chi connectivity index (χ0n) is 21.1. The van der Waals surface area contributed by atoms with Crippen LogP contribution in [0.4, 0.5) is 10.5 Å². The molecule has 0 saturated carbocycles. The zero-order valence-corrected chi connectivity index (χ0v) is 21.1. The number of benzene rings is 3. The van der Waals surface area contributed by atoms with Crippen LogP contribution in [-0.2, 0) is 9.47 Å². The van der Waals surface area contributed by atoms with Crippen LogP contribution in [0.5, 0.6) is 0 Å². The predicted octanol–water partition coefficient (Wildman–Crippen LogP) is 4.02. The minimum Gasteiger partial charge on any atom is -0.456 e. The van der Waals surface area contributed by atoms with Gasteiger partial charge in [0.15, 0.2) is 0 Å². The number of amides is 1. The van der Waals surface area contributed by atoms with Crippen LogP contribution in [0, 0.1) is 6.92 Å². The number of carbonyl (C=O) groups is 2. The number of fused-ring (bicyclic) bond motifs is 3. The predicted molar refractivity (Wildman–Crippen MR) is 140 cm³/mol. The average molecular weight is 487 g/mol. The van der Waals surface area contributed by atoms with E-state index in [-0.39, 0.29) is 23.6 Å². The normalized spacial score (nSPS) is 12.5. The molecule has 0 heterocycles. The van der Waals surface area contributed by atoms with Gasteiger partial charge in [-0.3, -0.25) is 4.90 Å². The van der Waals surface area contributed by atoms with Crippen LogP contribution < -0.4 is 10.4 Å². The molecule has 8 heteroatoms. The van der Waals surface area contributed by atoms with Gasteiger partial charge in [0.1, 0.15) is 12.2 Å². The maximum Gasteiger partial charge on any atom is 0.488 e. The van der Waals surface area contributed by atoms with Crippen molar-refractivity contribution in [2.75, 3.05) is 18.6 Å². The molecule has 4 rings (SSSR count). The second-order valence-electron chi connectivity index (χ2n) is 9.95. The first-order valence-corrected chi connectivity index (χ1v) is 11.8. The molecular weight excluding hydrogens is 457 g/mol. The van der Waals surface area contributed by atoms with E-state index >= 15 is 0 Å². The molecule has 0 spiro atoms. The van der Waals surface area contributed by atoms with Crippen molar-refractivity contribution in [3.63, 3.8) is 0 Å². The van der Waals surface area contributed by atoms with Gasteiger partial charge in [-0.25, -0.2) is 9.59 Å². The topological polar surface area (TPSA) is 96.3 Å². The minimum absolute atomic E-state index is 0.0646. The first-order chi connectivity index (χ1) is 17.0. The smallest absolute Gasteiger partial charge is 0.456 e. The van der Waals surface area contributed by atoms with E-state index in [0.29, 0.717) is 11.3 Å². The van der Waals surface area contributed by atoms with Crippen molar-refractivity contribution in [1.82, 2.24) is 0 Å². The molecule has 0 bridgehead atoms. The standard InChI is InChI=1S/C28H30BNO6/c1-17-23(26(31)36-28(2,3)4)14-18(29(33)34)15-25(17)30(5)27(32)35-16-24-21-12-8-6-10-19(21)20-11-7-9-13-22(20)24/h6-15,24,33-34H,16H2,1-5H3.